The van der Waals surface area contributed by atoms with Gasteiger partial charge in [-0.05, 0) is 6.07 Å². The van der Waals surface area contributed by atoms with Gasteiger partial charge in [0.05, 0.1) is 11.8 Å². The van der Waals surface area contributed by atoms with Crippen molar-refractivity contribution in [2.45, 2.75) is 6.54 Å². The third-order valence-corrected chi connectivity index (χ3v) is 2.16. The van der Waals surface area contributed by atoms with E-state index in [2.05, 4.69) is 5.10 Å². The first-order valence-electron chi connectivity index (χ1n) is 4.82. The Balaban J connectivity index is 2.49. The lowest BCUT2D eigenvalue weighted by Gasteiger charge is -2.03. The summed E-state index contributed by atoms with van der Waals surface area (Å²) in [6.07, 6.45) is 0. The van der Waals surface area contributed by atoms with E-state index >= 15 is 0 Å². The Morgan fingerprint density at radius 2 is 1.94 bits per heavy atom. The molecule has 2 rings (SSSR count). The summed E-state index contributed by atoms with van der Waals surface area (Å²) in [5.41, 5.74) is 1.35. The highest BCUT2D eigenvalue weighted by atomic mass is 16.1. The van der Waals surface area contributed by atoms with Crippen molar-refractivity contribution in [1.82, 2.24) is 9.78 Å². The van der Waals surface area contributed by atoms with Gasteiger partial charge in [-0.2, -0.15) is 10.4 Å². The smallest absolute Gasteiger partial charge is 0.267 e. The van der Waals surface area contributed by atoms with Crippen molar-refractivity contribution in [1.29, 1.82) is 5.26 Å². The van der Waals surface area contributed by atoms with Crippen molar-refractivity contribution in [3.05, 3.63) is 52.8 Å². The number of hydrogen-bond donors (Lipinski definition) is 0. The molecule has 0 aliphatic rings. The molecule has 2 aromatic rings. The Kier molecular flexibility index (Phi) is 2.79. The van der Waals surface area contributed by atoms with E-state index in [4.69, 9.17) is 5.26 Å². The molecule has 0 saturated heterocycles. The van der Waals surface area contributed by atoms with E-state index < -0.39 is 0 Å². The highest BCUT2D eigenvalue weighted by molar-refractivity contribution is 5.57. The zero-order valence-corrected chi connectivity index (χ0v) is 8.50. The lowest BCUT2D eigenvalue weighted by molar-refractivity contribution is 0.662. The summed E-state index contributed by atoms with van der Waals surface area (Å²) in [6, 6.07) is 14.5. The number of hydrogen-bond acceptors (Lipinski definition) is 3. The molecule has 1 heterocycles. The van der Waals surface area contributed by atoms with Crippen LogP contribution in [0.15, 0.2) is 47.3 Å². The normalized spacial score (nSPS) is 9.69. The quantitative estimate of drug-likeness (QED) is 0.755. The van der Waals surface area contributed by atoms with Gasteiger partial charge >= 0.3 is 0 Å². The molecule has 1 aromatic carbocycles. The summed E-state index contributed by atoms with van der Waals surface area (Å²) < 4.78 is 1.16. The van der Waals surface area contributed by atoms with Crippen LogP contribution in [0.5, 0.6) is 0 Å². The van der Waals surface area contributed by atoms with Crippen LogP contribution in [0, 0.1) is 11.3 Å². The van der Waals surface area contributed by atoms with E-state index in [1.54, 1.807) is 6.07 Å². The van der Waals surface area contributed by atoms with Crippen LogP contribution in [0.1, 0.15) is 0 Å². The standard InChI is InChI=1S/C12H9N3O/c13-8-9-15-12(16)7-6-11(14-15)10-4-2-1-3-5-10/h1-7H,9H2. The zero-order valence-electron chi connectivity index (χ0n) is 8.50. The van der Waals surface area contributed by atoms with Gasteiger partial charge in [-0.25, -0.2) is 4.68 Å². The molecular weight excluding hydrogens is 202 g/mol. The summed E-state index contributed by atoms with van der Waals surface area (Å²) in [5.74, 6) is 0. The van der Waals surface area contributed by atoms with Crippen LogP contribution in [0.3, 0.4) is 0 Å². The average molecular weight is 211 g/mol. The van der Waals surface area contributed by atoms with Crippen LogP contribution in [0.4, 0.5) is 0 Å². The molecule has 0 aliphatic heterocycles. The van der Waals surface area contributed by atoms with Gasteiger partial charge in [-0.15, -0.1) is 0 Å². The lowest BCUT2D eigenvalue weighted by atomic mass is 10.1. The van der Waals surface area contributed by atoms with E-state index in [9.17, 15) is 4.79 Å². The van der Waals surface area contributed by atoms with Gasteiger partial charge < -0.3 is 0 Å². The van der Waals surface area contributed by atoms with E-state index in [0.717, 1.165) is 10.2 Å². The molecule has 0 aliphatic carbocycles. The number of aromatic nitrogens is 2. The second-order valence-corrected chi connectivity index (χ2v) is 3.24. The lowest BCUT2D eigenvalue weighted by Crippen LogP contribution is -2.21. The fourth-order valence-corrected chi connectivity index (χ4v) is 1.39. The highest BCUT2D eigenvalue weighted by Gasteiger charge is 2.01. The van der Waals surface area contributed by atoms with Gasteiger partial charge in [0.15, 0.2) is 0 Å². The number of nitriles is 1. The topological polar surface area (TPSA) is 58.7 Å². The largest absolute Gasteiger partial charge is 0.268 e. The van der Waals surface area contributed by atoms with E-state index in [1.807, 2.05) is 36.4 Å². The minimum atomic E-state index is -0.263. The van der Waals surface area contributed by atoms with Crippen molar-refractivity contribution in [3.8, 4) is 17.3 Å². The van der Waals surface area contributed by atoms with Crippen molar-refractivity contribution in [2.75, 3.05) is 0 Å². The number of nitrogens with zero attached hydrogens (tertiary/aromatic N) is 3. The zero-order chi connectivity index (χ0) is 11.4. The highest BCUT2D eigenvalue weighted by Crippen LogP contribution is 2.13. The van der Waals surface area contributed by atoms with Gasteiger partial charge in [0.25, 0.3) is 5.56 Å². The second kappa shape index (κ2) is 4.41. The van der Waals surface area contributed by atoms with Gasteiger partial charge in [-0.3, -0.25) is 4.79 Å². The number of rotatable bonds is 2. The first kappa shape index (κ1) is 10.1. The first-order chi connectivity index (χ1) is 7.81. The van der Waals surface area contributed by atoms with Gasteiger partial charge in [0.2, 0.25) is 0 Å². The minimum Gasteiger partial charge on any atom is -0.268 e. The van der Waals surface area contributed by atoms with E-state index in [1.165, 1.54) is 6.07 Å². The molecule has 0 atom stereocenters. The van der Waals surface area contributed by atoms with Gasteiger partial charge in [-0.1, -0.05) is 30.3 Å². The van der Waals surface area contributed by atoms with Gasteiger partial charge in [0, 0.05) is 11.6 Å². The third kappa shape index (κ3) is 1.98. The molecule has 78 valence electrons. The molecule has 1 aromatic heterocycles. The van der Waals surface area contributed by atoms with E-state index in [0.29, 0.717) is 5.69 Å². The van der Waals surface area contributed by atoms with Crippen molar-refractivity contribution in [2.24, 2.45) is 0 Å². The van der Waals surface area contributed by atoms with Crippen LogP contribution >= 0.6 is 0 Å². The summed E-state index contributed by atoms with van der Waals surface area (Å²) in [6.45, 7) is -0.0283. The average Bonchev–Trinajstić information content (AvgIpc) is 2.33. The van der Waals surface area contributed by atoms with Crippen molar-refractivity contribution in [3.63, 3.8) is 0 Å². The Labute approximate surface area is 92.4 Å². The van der Waals surface area contributed by atoms with Crippen LogP contribution in [0.2, 0.25) is 0 Å². The SMILES string of the molecule is N#CCn1nc(-c2ccccc2)ccc1=O. The Morgan fingerprint density at radius 3 is 2.62 bits per heavy atom. The molecule has 0 N–H and O–H groups in total. The predicted octanol–water partition coefficient (Wildman–Crippen LogP) is 1.43. The maximum absolute atomic E-state index is 11.3. The van der Waals surface area contributed by atoms with Crippen LogP contribution in [0.25, 0.3) is 11.3 Å². The molecule has 0 radical (unpaired) electrons. The molecule has 0 amide bonds. The van der Waals surface area contributed by atoms with Gasteiger partial charge in [0.1, 0.15) is 6.54 Å². The minimum absolute atomic E-state index is 0.0283. The third-order valence-electron chi connectivity index (χ3n) is 2.16. The number of benzene rings is 1. The van der Waals surface area contributed by atoms with Crippen molar-refractivity contribution < 1.29 is 0 Å². The van der Waals surface area contributed by atoms with Crippen LogP contribution in [-0.2, 0) is 6.54 Å². The molecule has 0 unspecified atom stereocenters. The molecule has 4 nitrogen and oxygen atoms in total. The fourth-order valence-electron chi connectivity index (χ4n) is 1.39. The molecule has 16 heavy (non-hydrogen) atoms. The summed E-state index contributed by atoms with van der Waals surface area (Å²) in [4.78, 5) is 11.3. The second-order valence-electron chi connectivity index (χ2n) is 3.24. The molecule has 0 bridgehead atoms. The van der Waals surface area contributed by atoms with Crippen LogP contribution in [-0.4, -0.2) is 9.78 Å². The van der Waals surface area contributed by atoms with E-state index in [-0.39, 0.29) is 12.1 Å². The predicted molar refractivity (Wildman–Crippen MR) is 59.5 cm³/mol. The summed E-state index contributed by atoms with van der Waals surface area (Å²) >= 11 is 0. The maximum Gasteiger partial charge on any atom is 0.267 e. The van der Waals surface area contributed by atoms with Crippen molar-refractivity contribution >= 4 is 0 Å². The molecule has 0 spiro atoms. The molecular formula is C12H9N3O. The molecule has 4 heteroatoms. The maximum atomic E-state index is 11.3. The summed E-state index contributed by atoms with van der Waals surface area (Å²) in [5, 5.41) is 12.7. The Morgan fingerprint density at radius 1 is 1.19 bits per heavy atom. The van der Waals surface area contributed by atoms with Crippen LogP contribution < -0.4 is 5.56 Å². The summed E-state index contributed by atoms with van der Waals surface area (Å²) in [7, 11) is 0. The fraction of sp³-hybridized carbons (Fsp3) is 0.0833. The molecule has 0 saturated carbocycles. The Hall–Kier alpha value is -2.41. The first-order valence-corrected chi connectivity index (χ1v) is 4.82. The Bertz CT molecular complexity index is 581. The molecule has 0 fully saturated rings. The monoisotopic (exact) mass is 211 g/mol.